The molecular weight excluding hydrogens is 350 g/mol. The van der Waals surface area contributed by atoms with Crippen LogP contribution in [-0.2, 0) is 0 Å². The Morgan fingerprint density at radius 1 is 1.35 bits per heavy atom. The van der Waals surface area contributed by atoms with Gasteiger partial charge in [-0.2, -0.15) is 0 Å². The van der Waals surface area contributed by atoms with Crippen LogP contribution >= 0.6 is 27.5 Å². The van der Waals surface area contributed by atoms with Crippen LogP contribution in [-0.4, -0.2) is 15.8 Å². The van der Waals surface area contributed by atoms with E-state index in [4.69, 9.17) is 11.6 Å². The second-order valence-corrected chi connectivity index (χ2v) is 5.08. The molecule has 2 aromatic rings. The molecule has 1 aromatic carbocycles. The molecular formula is C12H7BrClN3O3. The van der Waals surface area contributed by atoms with Crippen molar-refractivity contribution in [1.82, 2.24) is 4.98 Å². The van der Waals surface area contributed by atoms with Crippen LogP contribution in [0.2, 0.25) is 5.15 Å². The van der Waals surface area contributed by atoms with Crippen LogP contribution in [0.5, 0.6) is 0 Å². The average molecular weight is 357 g/mol. The lowest BCUT2D eigenvalue weighted by atomic mass is 10.2. The minimum Gasteiger partial charge on any atom is -0.321 e. The zero-order valence-electron chi connectivity index (χ0n) is 9.84. The molecule has 0 aliphatic rings. The maximum absolute atomic E-state index is 12.0. The lowest BCUT2D eigenvalue weighted by Crippen LogP contribution is -2.12. The monoisotopic (exact) mass is 355 g/mol. The van der Waals surface area contributed by atoms with Crippen LogP contribution in [0.15, 0.2) is 41.0 Å². The van der Waals surface area contributed by atoms with Gasteiger partial charge in [0.1, 0.15) is 5.15 Å². The Balaban J connectivity index is 2.25. The molecule has 1 N–H and O–H groups in total. The van der Waals surface area contributed by atoms with Gasteiger partial charge in [-0.3, -0.25) is 14.9 Å². The predicted octanol–water partition coefficient (Wildman–Crippen LogP) is 3.66. The van der Waals surface area contributed by atoms with Crippen LogP contribution in [0.1, 0.15) is 10.4 Å². The highest BCUT2D eigenvalue weighted by Gasteiger charge is 2.14. The minimum atomic E-state index is -0.564. The van der Waals surface area contributed by atoms with E-state index in [1.165, 1.54) is 30.5 Å². The standard InChI is InChI=1S/C12H7BrClN3O3/c13-8-3-7(4-10(5-8)17(19)20)12(18)16-9-1-2-11(14)15-6-9/h1-6H,(H,16,18). The van der Waals surface area contributed by atoms with Gasteiger partial charge < -0.3 is 5.32 Å². The van der Waals surface area contributed by atoms with E-state index in [0.29, 0.717) is 15.3 Å². The fourth-order valence-electron chi connectivity index (χ4n) is 1.46. The van der Waals surface area contributed by atoms with Gasteiger partial charge in [0.15, 0.2) is 0 Å². The van der Waals surface area contributed by atoms with E-state index >= 15 is 0 Å². The third kappa shape index (κ3) is 3.52. The molecule has 20 heavy (non-hydrogen) atoms. The molecule has 0 unspecified atom stereocenters. The van der Waals surface area contributed by atoms with Gasteiger partial charge in [0.05, 0.1) is 16.8 Å². The summed E-state index contributed by atoms with van der Waals surface area (Å²) in [6.07, 6.45) is 1.40. The second kappa shape index (κ2) is 5.98. The third-order valence-electron chi connectivity index (χ3n) is 2.34. The molecule has 0 bridgehead atoms. The van der Waals surface area contributed by atoms with Crippen LogP contribution in [0.3, 0.4) is 0 Å². The van der Waals surface area contributed by atoms with E-state index in [1.807, 2.05) is 0 Å². The smallest absolute Gasteiger partial charge is 0.271 e. The van der Waals surface area contributed by atoms with Crippen molar-refractivity contribution in [3.63, 3.8) is 0 Å². The lowest BCUT2D eigenvalue weighted by molar-refractivity contribution is -0.384. The van der Waals surface area contributed by atoms with E-state index < -0.39 is 10.8 Å². The topological polar surface area (TPSA) is 85.1 Å². The molecule has 0 aliphatic heterocycles. The van der Waals surface area contributed by atoms with Crippen LogP contribution in [0.4, 0.5) is 11.4 Å². The Bertz CT molecular complexity index is 676. The first-order valence-electron chi connectivity index (χ1n) is 5.33. The number of benzene rings is 1. The van der Waals surface area contributed by atoms with Crippen LogP contribution in [0.25, 0.3) is 0 Å². The second-order valence-electron chi connectivity index (χ2n) is 3.78. The number of nitro benzene ring substituents is 1. The lowest BCUT2D eigenvalue weighted by Gasteiger charge is -2.05. The van der Waals surface area contributed by atoms with Crippen molar-refractivity contribution in [1.29, 1.82) is 0 Å². The number of non-ortho nitro benzene ring substituents is 1. The van der Waals surface area contributed by atoms with Crippen LogP contribution < -0.4 is 5.32 Å². The molecule has 0 aliphatic carbocycles. The predicted molar refractivity (Wildman–Crippen MR) is 78.0 cm³/mol. The number of nitrogens with one attached hydrogen (secondary N) is 1. The minimum absolute atomic E-state index is 0.168. The number of amides is 1. The molecule has 1 amide bonds. The maximum Gasteiger partial charge on any atom is 0.271 e. The van der Waals surface area contributed by atoms with Gasteiger partial charge in [0.2, 0.25) is 0 Å². The first-order valence-corrected chi connectivity index (χ1v) is 6.51. The van der Waals surface area contributed by atoms with E-state index in [1.54, 1.807) is 6.07 Å². The quantitative estimate of drug-likeness (QED) is 0.516. The molecule has 102 valence electrons. The van der Waals surface area contributed by atoms with E-state index in [2.05, 4.69) is 26.2 Å². The van der Waals surface area contributed by atoms with Crippen molar-refractivity contribution in [3.8, 4) is 0 Å². The molecule has 1 heterocycles. The first-order chi connectivity index (χ1) is 9.45. The van der Waals surface area contributed by atoms with Gasteiger partial charge in [-0.05, 0) is 18.2 Å². The van der Waals surface area contributed by atoms with Crippen molar-refractivity contribution in [3.05, 3.63) is 61.8 Å². The molecule has 0 radical (unpaired) electrons. The molecule has 0 saturated heterocycles. The fraction of sp³-hybridized carbons (Fsp3) is 0. The molecule has 0 saturated carbocycles. The third-order valence-corrected chi connectivity index (χ3v) is 3.02. The van der Waals surface area contributed by atoms with Crippen molar-refractivity contribution in [2.45, 2.75) is 0 Å². The highest BCUT2D eigenvalue weighted by molar-refractivity contribution is 9.10. The summed E-state index contributed by atoms with van der Waals surface area (Å²) in [5.41, 5.74) is 0.446. The summed E-state index contributed by atoms with van der Waals surface area (Å²) in [6, 6.07) is 7.12. The number of halogens is 2. The molecule has 0 atom stereocenters. The molecule has 2 rings (SSSR count). The zero-order chi connectivity index (χ0) is 14.7. The molecule has 8 heteroatoms. The van der Waals surface area contributed by atoms with Crippen molar-refractivity contribution in [2.24, 2.45) is 0 Å². The van der Waals surface area contributed by atoms with E-state index in [-0.39, 0.29) is 11.3 Å². The summed E-state index contributed by atoms with van der Waals surface area (Å²) in [7, 11) is 0. The fourth-order valence-corrected chi connectivity index (χ4v) is 2.06. The number of aromatic nitrogens is 1. The van der Waals surface area contributed by atoms with Gasteiger partial charge in [-0.15, -0.1) is 0 Å². The summed E-state index contributed by atoms with van der Waals surface area (Å²) in [6.45, 7) is 0. The SMILES string of the molecule is O=C(Nc1ccc(Cl)nc1)c1cc(Br)cc([N+](=O)[O-])c1. The number of pyridine rings is 1. The summed E-state index contributed by atoms with van der Waals surface area (Å²) >= 11 is 8.77. The highest BCUT2D eigenvalue weighted by Crippen LogP contribution is 2.22. The number of nitro groups is 1. The highest BCUT2D eigenvalue weighted by atomic mass is 79.9. The Hall–Kier alpha value is -1.99. The number of hydrogen-bond donors (Lipinski definition) is 1. The molecule has 0 spiro atoms. The Morgan fingerprint density at radius 3 is 2.70 bits per heavy atom. The zero-order valence-corrected chi connectivity index (χ0v) is 12.2. The summed E-state index contributed by atoms with van der Waals surface area (Å²) in [5.74, 6) is -0.474. The molecule has 1 aromatic heterocycles. The summed E-state index contributed by atoms with van der Waals surface area (Å²) in [5, 5.41) is 13.6. The number of carbonyl (C=O) groups is 1. The summed E-state index contributed by atoms with van der Waals surface area (Å²) < 4.78 is 0.450. The summed E-state index contributed by atoms with van der Waals surface area (Å²) in [4.78, 5) is 26.0. The first kappa shape index (κ1) is 14.4. The Labute approximate surface area is 127 Å². The van der Waals surface area contributed by atoms with Gasteiger partial charge in [0.25, 0.3) is 11.6 Å². The van der Waals surface area contributed by atoms with Gasteiger partial charge in [-0.25, -0.2) is 4.98 Å². The number of anilines is 1. The van der Waals surface area contributed by atoms with Crippen LogP contribution in [0, 0.1) is 10.1 Å². The molecule has 0 fully saturated rings. The maximum atomic E-state index is 12.0. The molecule has 6 nitrogen and oxygen atoms in total. The Kier molecular flexibility index (Phi) is 4.31. The van der Waals surface area contributed by atoms with Crippen molar-refractivity contribution >= 4 is 44.8 Å². The number of hydrogen-bond acceptors (Lipinski definition) is 4. The van der Waals surface area contributed by atoms with Gasteiger partial charge in [0, 0.05) is 22.2 Å². The van der Waals surface area contributed by atoms with Gasteiger partial charge in [-0.1, -0.05) is 27.5 Å². The number of carbonyl (C=O) groups excluding carboxylic acids is 1. The van der Waals surface area contributed by atoms with Crippen molar-refractivity contribution in [2.75, 3.05) is 5.32 Å². The number of nitrogens with zero attached hydrogens (tertiary/aromatic N) is 2. The van der Waals surface area contributed by atoms with Crippen molar-refractivity contribution < 1.29 is 9.72 Å². The van der Waals surface area contributed by atoms with Gasteiger partial charge >= 0.3 is 0 Å². The average Bonchev–Trinajstić information content (AvgIpc) is 2.40. The Morgan fingerprint density at radius 2 is 2.10 bits per heavy atom. The van der Waals surface area contributed by atoms with E-state index in [9.17, 15) is 14.9 Å². The largest absolute Gasteiger partial charge is 0.321 e. The normalized spacial score (nSPS) is 10.1. The number of rotatable bonds is 3. The van der Waals surface area contributed by atoms with E-state index in [0.717, 1.165) is 0 Å².